The van der Waals surface area contributed by atoms with Crippen LogP contribution in [0.5, 0.6) is 11.6 Å². The molecule has 252 valence electrons. The van der Waals surface area contributed by atoms with Crippen LogP contribution >= 0.6 is 11.3 Å². The van der Waals surface area contributed by atoms with Crippen molar-refractivity contribution >= 4 is 49.2 Å². The number of thiazole rings is 1. The van der Waals surface area contributed by atoms with Gasteiger partial charge in [0.15, 0.2) is 10.9 Å². The molecule has 2 saturated heterocycles. The quantitative estimate of drug-likeness (QED) is 0.278. The zero-order chi connectivity index (χ0) is 33.0. The molecule has 3 aliphatic heterocycles. The Kier molecular flexibility index (Phi) is 8.01. The lowest BCUT2D eigenvalue weighted by atomic mass is 9.97. The van der Waals surface area contributed by atoms with Gasteiger partial charge in [-0.25, -0.2) is 18.7 Å². The Morgan fingerprint density at radius 1 is 1.12 bits per heavy atom. The molecule has 1 saturated carbocycles. The van der Waals surface area contributed by atoms with E-state index in [1.54, 1.807) is 6.20 Å². The normalized spacial score (nSPS) is 22.4. The highest BCUT2D eigenvalue weighted by Gasteiger charge is 2.54. The molecule has 48 heavy (non-hydrogen) atoms. The van der Waals surface area contributed by atoms with Crippen molar-refractivity contribution in [1.29, 1.82) is 0 Å². The average molecular weight is 680 g/mol. The Morgan fingerprint density at radius 3 is 2.73 bits per heavy atom. The maximum absolute atomic E-state index is 16.8. The number of benzene rings is 1. The topological polar surface area (TPSA) is 137 Å². The molecule has 3 N–H and O–H groups in total. The number of hydrogen-bond acceptors (Lipinski definition) is 12. The maximum Gasteiger partial charge on any atom is 0.260 e. The minimum absolute atomic E-state index is 0.0218. The minimum Gasteiger partial charge on any atom is -0.482 e. The molecule has 0 spiro atoms. The van der Waals surface area contributed by atoms with Gasteiger partial charge in [0, 0.05) is 55.3 Å². The Balaban J connectivity index is 1.23. The zero-order valence-corrected chi connectivity index (χ0v) is 27.0. The summed E-state index contributed by atoms with van der Waals surface area (Å²) in [6.45, 7) is 9.29. The van der Waals surface area contributed by atoms with E-state index in [1.165, 1.54) is 18.2 Å². The van der Waals surface area contributed by atoms with Crippen LogP contribution in [0.4, 0.5) is 19.6 Å². The van der Waals surface area contributed by atoms with Crippen LogP contribution < -0.4 is 25.4 Å². The fourth-order valence-corrected chi connectivity index (χ4v) is 7.73. The number of rotatable bonds is 7. The van der Waals surface area contributed by atoms with Gasteiger partial charge >= 0.3 is 0 Å². The van der Waals surface area contributed by atoms with Crippen molar-refractivity contribution in [2.24, 2.45) is 5.41 Å². The number of nitrogens with zero attached hydrogens (tertiary/aromatic N) is 5. The number of pyridine rings is 2. The molecule has 0 bridgehead atoms. The van der Waals surface area contributed by atoms with E-state index in [-0.39, 0.29) is 55.9 Å². The maximum atomic E-state index is 16.8. The van der Waals surface area contributed by atoms with E-state index in [0.29, 0.717) is 68.5 Å². The molecule has 1 aromatic carbocycles. The van der Waals surface area contributed by atoms with Crippen molar-refractivity contribution in [2.75, 3.05) is 76.4 Å². The van der Waals surface area contributed by atoms with Crippen molar-refractivity contribution < 1.29 is 32.5 Å². The second-order valence-electron chi connectivity index (χ2n) is 12.7. The average Bonchev–Trinajstić information content (AvgIpc) is 3.82. The number of nitrogen functional groups attached to an aromatic ring is 1. The molecular formula is C33H35F2N7O5S. The number of fused-ring (bicyclic) bond motifs is 3. The summed E-state index contributed by atoms with van der Waals surface area (Å²) in [5.74, 6) is -0.948. The Morgan fingerprint density at radius 2 is 1.94 bits per heavy atom. The van der Waals surface area contributed by atoms with Gasteiger partial charge in [-0.05, 0) is 31.1 Å². The number of nitrogens with one attached hydrogen (secondary N) is 1. The first kappa shape index (κ1) is 31.1. The van der Waals surface area contributed by atoms with Crippen molar-refractivity contribution in [3.05, 3.63) is 42.6 Å². The number of carbonyl (C=O) groups excluding carboxylic acids is 1. The second-order valence-corrected chi connectivity index (χ2v) is 13.7. The molecular weight excluding hydrogens is 644 g/mol. The van der Waals surface area contributed by atoms with Crippen LogP contribution in [0.25, 0.3) is 32.4 Å². The minimum atomic E-state index is -0.709. The molecule has 8 rings (SSSR count). The van der Waals surface area contributed by atoms with Gasteiger partial charge in [-0.1, -0.05) is 17.9 Å². The molecule has 3 aromatic heterocycles. The lowest BCUT2D eigenvalue weighted by Crippen LogP contribution is -2.47. The van der Waals surface area contributed by atoms with Crippen molar-refractivity contribution in [1.82, 2.24) is 25.2 Å². The van der Waals surface area contributed by atoms with Crippen LogP contribution in [0, 0.1) is 17.0 Å². The van der Waals surface area contributed by atoms with Gasteiger partial charge in [-0.15, -0.1) is 0 Å². The van der Waals surface area contributed by atoms with E-state index in [9.17, 15) is 9.18 Å². The first-order chi connectivity index (χ1) is 23.3. The molecule has 15 heteroatoms. The highest BCUT2D eigenvalue weighted by molar-refractivity contribution is 7.22. The van der Waals surface area contributed by atoms with Gasteiger partial charge < -0.3 is 34.9 Å². The fraction of sp³-hybridized carbons (Fsp3) is 0.455. The van der Waals surface area contributed by atoms with Crippen molar-refractivity contribution in [3.63, 3.8) is 0 Å². The standard InChI is InChI=1S/C33H35F2N7O5S/c1-2-23(43)38-18-14-42(9-12-45-15-18)28-20-13-37-25(19-3-4-21(34)30-27(19)40-32(36)48-30)24(35)26(20)39-31-29(28)46-16-22(47-31)33(5-6-33)17-41-7-10-44-11-8-41/h2-4,13,18,22H,1,5-12,14-17H2,(H2,36,40)(H,38,43)/t18-,22+/m1/s1. The number of halogens is 2. The number of nitrogens with two attached hydrogens (primary N) is 1. The number of hydrogen-bond donors (Lipinski definition) is 2. The zero-order valence-electron chi connectivity index (χ0n) is 26.2. The third kappa shape index (κ3) is 5.57. The van der Waals surface area contributed by atoms with Crippen molar-refractivity contribution in [3.8, 4) is 22.9 Å². The summed E-state index contributed by atoms with van der Waals surface area (Å²) in [6.07, 6.45) is 4.45. The summed E-state index contributed by atoms with van der Waals surface area (Å²) in [4.78, 5) is 30.2. The molecule has 1 aliphatic carbocycles. The molecule has 0 radical (unpaired) electrons. The molecule has 6 heterocycles. The van der Waals surface area contributed by atoms with Crippen LogP contribution in [0.2, 0.25) is 0 Å². The largest absolute Gasteiger partial charge is 0.482 e. The lowest BCUT2D eigenvalue weighted by molar-refractivity contribution is -0.117. The van der Waals surface area contributed by atoms with Gasteiger partial charge in [-0.2, -0.15) is 0 Å². The van der Waals surface area contributed by atoms with Crippen LogP contribution in [0.15, 0.2) is 31.0 Å². The van der Waals surface area contributed by atoms with Crippen LogP contribution in [0.1, 0.15) is 12.8 Å². The van der Waals surface area contributed by atoms with Gasteiger partial charge in [0.25, 0.3) is 5.88 Å². The monoisotopic (exact) mass is 679 g/mol. The molecule has 12 nitrogen and oxygen atoms in total. The van der Waals surface area contributed by atoms with Gasteiger partial charge in [0.05, 0.1) is 48.4 Å². The third-order valence-electron chi connectivity index (χ3n) is 9.60. The number of aromatic nitrogens is 3. The predicted molar refractivity (Wildman–Crippen MR) is 176 cm³/mol. The number of anilines is 2. The SMILES string of the molecule is C=CC(=O)N[C@H]1COCCN(c2c3c(nc4c(F)c(-c5ccc(F)c6sc(N)nc56)ncc24)O[C@H](C2(CN4CCOCC4)CC2)CO3)C1. The van der Waals surface area contributed by atoms with E-state index in [0.717, 1.165) is 43.8 Å². The molecule has 0 unspecified atom stereocenters. The Hall–Kier alpha value is -4.18. The summed E-state index contributed by atoms with van der Waals surface area (Å²) < 4.78 is 56.3. The van der Waals surface area contributed by atoms with Crippen LogP contribution in [-0.4, -0.2) is 104 Å². The number of amides is 1. The van der Waals surface area contributed by atoms with E-state index >= 15 is 4.39 Å². The summed E-state index contributed by atoms with van der Waals surface area (Å²) in [6, 6.07) is 2.33. The molecule has 1 amide bonds. The first-order valence-corrected chi connectivity index (χ1v) is 16.9. The highest BCUT2D eigenvalue weighted by atomic mass is 32.1. The lowest BCUT2D eigenvalue weighted by Gasteiger charge is -2.38. The summed E-state index contributed by atoms with van der Waals surface area (Å²) >= 11 is 0.990. The van der Waals surface area contributed by atoms with Crippen molar-refractivity contribution in [2.45, 2.75) is 25.0 Å². The molecule has 2 atom stereocenters. The third-order valence-corrected chi connectivity index (χ3v) is 10.5. The summed E-state index contributed by atoms with van der Waals surface area (Å²) in [7, 11) is 0. The molecule has 4 aromatic rings. The Bertz CT molecular complexity index is 1910. The predicted octanol–water partition coefficient (Wildman–Crippen LogP) is 3.53. The number of carbonyl (C=O) groups is 1. The van der Waals surface area contributed by atoms with E-state index in [2.05, 4.69) is 26.8 Å². The van der Waals surface area contributed by atoms with E-state index in [1.807, 2.05) is 4.90 Å². The van der Waals surface area contributed by atoms with Gasteiger partial charge in [0.2, 0.25) is 11.7 Å². The fourth-order valence-electron chi connectivity index (χ4n) is 6.97. The second kappa shape index (κ2) is 12.4. The first-order valence-electron chi connectivity index (χ1n) is 16.1. The summed E-state index contributed by atoms with van der Waals surface area (Å²) in [5.41, 5.74) is 6.88. The van der Waals surface area contributed by atoms with Crippen LogP contribution in [0.3, 0.4) is 0 Å². The highest BCUT2D eigenvalue weighted by Crippen LogP contribution is 2.54. The number of morpholine rings is 1. The van der Waals surface area contributed by atoms with E-state index < -0.39 is 11.6 Å². The summed E-state index contributed by atoms with van der Waals surface area (Å²) in [5, 5.41) is 3.48. The number of ether oxygens (including phenoxy) is 4. The van der Waals surface area contributed by atoms with Crippen LogP contribution in [-0.2, 0) is 14.3 Å². The Labute approximate surface area is 278 Å². The molecule has 4 aliphatic rings. The van der Waals surface area contributed by atoms with E-state index in [4.69, 9.17) is 29.7 Å². The smallest absolute Gasteiger partial charge is 0.260 e. The van der Waals surface area contributed by atoms with Gasteiger partial charge in [0.1, 0.15) is 29.7 Å². The van der Waals surface area contributed by atoms with Gasteiger partial charge in [-0.3, -0.25) is 14.7 Å². The molecule has 3 fully saturated rings.